The Morgan fingerprint density at radius 1 is 1.05 bits per heavy atom. The average Bonchev–Trinajstić information content (AvgIpc) is 3.30. The topological polar surface area (TPSA) is 78.4 Å². The lowest BCUT2D eigenvalue weighted by Gasteiger charge is -2.37. The van der Waals surface area contributed by atoms with E-state index in [1.165, 1.54) is 12.1 Å². The van der Waals surface area contributed by atoms with Crippen LogP contribution in [0.4, 0.5) is 10.2 Å². The number of aromatic nitrogens is 2. The van der Waals surface area contributed by atoms with Crippen molar-refractivity contribution < 1.29 is 14.0 Å². The molecular formula is C29H31ClFN5O2. The summed E-state index contributed by atoms with van der Waals surface area (Å²) in [5.41, 5.74) is 3.68. The van der Waals surface area contributed by atoms with Crippen molar-refractivity contribution in [1.29, 1.82) is 0 Å². The molecular weight excluding hydrogens is 505 g/mol. The first-order valence-corrected chi connectivity index (χ1v) is 13.3. The van der Waals surface area contributed by atoms with Crippen molar-refractivity contribution in [2.24, 2.45) is 0 Å². The second-order valence-corrected chi connectivity index (χ2v) is 10.6. The van der Waals surface area contributed by atoms with E-state index >= 15 is 0 Å². The first kappa shape index (κ1) is 26.1. The van der Waals surface area contributed by atoms with Crippen LogP contribution in [-0.4, -0.2) is 52.9 Å². The molecule has 0 unspecified atom stereocenters. The summed E-state index contributed by atoms with van der Waals surface area (Å²) < 4.78 is 13.7. The Kier molecular flexibility index (Phi) is 7.34. The van der Waals surface area contributed by atoms with Gasteiger partial charge in [-0.05, 0) is 81.0 Å². The molecule has 1 aromatic heterocycles. The number of hydrogen-bond acceptors (Lipinski definition) is 5. The molecule has 198 valence electrons. The molecule has 9 heteroatoms. The van der Waals surface area contributed by atoms with Crippen molar-refractivity contribution in [3.05, 3.63) is 87.1 Å². The van der Waals surface area contributed by atoms with E-state index in [0.29, 0.717) is 12.0 Å². The third-order valence-corrected chi connectivity index (χ3v) is 7.89. The van der Waals surface area contributed by atoms with E-state index in [1.807, 2.05) is 50.1 Å². The number of benzene rings is 2. The number of piperidine rings is 1. The Balaban J connectivity index is 1.25. The van der Waals surface area contributed by atoms with Gasteiger partial charge in [-0.15, -0.1) is 0 Å². The summed E-state index contributed by atoms with van der Waals surface area (Å²) in [5.74, 6) is 0.718. The van der Waals surface area contributed by atoms with Gasteiger partial charge in [0.2, 0.25) is 0 Å². The van der Waals surface area contributed by atoms with Gasteiger partial charge in [0.1, 0.15) is 17.5 Å². The van der Waals surface area contributed by atoms with Gasteiger partial charge in [-0.1, -0.05) is 17.7 Å². The van der Waals surface area contributed by atoms with Crippen LogP contribution in [0.1, 0.15) is 68.7 Å². The Bertz CT molecular complexity index is 1370. The number of carbonyl (C=O) groups is 2. The van der Waals surface area contributed by atoms with E-state index in [2.05, 4.69) is 20.2 Å². The van der Waals surface area contributed by atoms with Crippen molar-refractivity contribution >= 4 is 29.2 Å². The third kappa shape index (κ3) is 5.36. The highest BCUT2D eigenvalue weighted by Gasteiger charge is 2.30. The molecule has 0 bridgehead atoms. The molecule has 1 aliphatic carbocycles. The number of aryl methyl sites for hydroxylation is 3. The maximum Gasteiger partial charge on any atom is 0.253 e. The first-order chi connectivity index (χ1) is 18.2. The maximum absolute atomic E-state index is 13.7. The molecule has 3 aromatic rings. The highest BCUT2D eigenvalue weighted by molar-refractivity contribution is 6.33. The monoisotopic (exact) mass is 535 g/mol. The smallest absolute Gasteiger partial charge is 0.253 e. The van der Waals surface area contributed by atoms with Crippen LogP contribution in [0.3, 0.4) is 0 Å². The van der Waals surface area contributed by atoms with Crippen LogP contribution >= 0.6 is 11.6 Å². The van der Waals surface area contributed by atoms with E-state index in [4.69, 9.17) is 11.6 Å². The molecule has 2 heterocycles. The molecule has 0 spiro atoms. The summed E-state index contributed by atoms with van der Waals surface area (Å²) >= 11 is 6.12. The molecule has 0 radical (unpaired) electrons. The van der Waals surface area contributed by atoms with Gasteiger partial charge in [0.05, 0.1) is 16.6 Å². The second-order valence-electron chi connectivity index (χ2n) is 10.2. The molecule has 1 N–H and O–H groups in total. The van der Waals surface area contributed by atoms with Crippen LogP contribution in [-0.2, 0) is 6.42 Å². The van der Waals surface area contributed by atoms with Crippen molar-refractivity contribution in [3.63, 3.8) is 0 Å². The zero-order valence-electron chi connectivity index (χ0n) is 21.8. The number of amides is 2. The van der Waals surface area contributed by atoms with E-state index in [9.17, 15) is 14.0 Å². The fourth-order valence-electron chi connectivity index (χ4n) is 5.50. The Morgan fingerprint density at radius 2 is 1.82 bits per heavy atom. The number of halogens is 2. The summed E-state index contributed by atoms with van der Waals surface area (Å²) in [6, 6.07) is 11.3. The van der Waals surface area contributed by atoms with Crippen LogP contribution in [0, 0.1) is 19.7 Å². The molecule has 1 fully saturated rings. The summed E-state index contributed by atoms with van der Waals surface area (Å²) in [4.78, 5) is 39.3. The van der Waals surface area contributed by atoms with Crippen LogP contribution in [0.25, 0.3) is 0 Å². The number of carbonyl (C=O) groups excluding carboxylic acids is 2. The maximum atomic E-state index is 13.7. The number of hydrogen-bond donors (Lipinski definition) is 1. The van der Waals surface area contributed by atoms with Crippen LogP contribution in [0.2, 0.25) is 5.02 Å². The molecule has 1 saturated heterocycles. The molecule has 2 amide bonds. The molecule has 2 aromatic carbocycles. The molecule has 2 aliphatic rings. The van der Waals surface area contributed by atoms with Gasteiger partial charge < -0.3 is 15.1 Å². The summed E-state index contributed by atoms with van der Waals surface area (Å²) in [5, 5.41) is 3.17. The van der Waals surface area contributed by atoms with Crippen LogP contribution in [0.5, 0.6) is 0 Å². The SMILES string of the molecule is Cc1cc(N2CCC(N(C)C(=O)c3ccc4c(c3)[C@H](NC(=O)c3cc(F)ccc3Cl)CC4)CC2)nc(C)n1. The fourth-order valence-corrected chi connectivity index (χ4v) is 5.71. The van der Waals surface area contributed by atoms with E-state index in [0.717, 1.165) is 66.9 Å². The highest BCUT2D eigenvalue weighted by atomic mass is 35.5. The van der Waals surface area contributed by atoms with Gasteiger partial charge in [-0.25, -0.2) is 14.4 Å². The molecule has 38 heavy (non-hydrogen) atoms. The van der Waals surface area contributed by atoms with E-state index < -0.39 is 11.7 Å². The van der Waals surface area contributed by atoms with Crippen molar-refractivity contribution in [2.45, 2.75) is 51.6 Å². The lowest BCUT2D eigenvalue weighted by molar-refractivity contribution is 0.0709. The van der Waals surface area contributed by atoms with Gasteiger partial charge in [0.25, 0.3) is 11.8 Å². The van der Waals surface area contributed by atoms with Crippen molar-refractivity contribution in [3.8, 4) is 0 Å². The Labute approximate surface area is 227 Å². The van der Waals surface area contributed by atoms with E-state index in [-0.39, 0.29) is 28.6 Å². The highest BCUT2D eigenvalue weighted by Crippen LogP contribution is 2.33. The van der Waals surface area contributed by atoms with E-state index in [1.54, 1.807) is 0 Å². The van der Waals surface area contributed by atoms with Crippen molar-refractivity contribution in [2.75, 3.05) is 25.0 Å². The first-order valence-electron chi connectivity index (χ1n) is 12.9. The zero-order valence-corrected chi connectivity index (χ0v) is 22.6. The number of rotatable bonds is 5. The largest absolute Gasteiger partial charge is 0.356 e. The molecule has 7 nitrogen and oxygen atoms in total. The second kappa shape index (κ2) is 10.7. The lowest BCUT2D eigenvalue weighted by Crippen LogP contribution is -2.46. The van der Waals surface area contributed by atoms with Gasteiger partial charge in [0, 0.05) is 43.5 Å². The predicted octanol–water partition coefficient (Wildman–Crippen LogP) is 5.04. The lowest BCUT2D eigenvalue weighted by atomic mass is 10.00. The zero-order chi connectivity index (χ0) is 27.0. The molecule has 0 saturated carbocycles. The van der Waals surface area contributed by atoms with Crippen molar-refractivity contribution in [1.82, 2.24) is 20.2 Å². The van der Waals surface area contributed by atoms with Gasteiger partial charge in [0.15, 0.2) is 0 Å². The minimum absolute atomic E-state index is 0.0369. The quantitative estimate of drug-likeness (QED) is 0.495. The average molecular weight is 536 g/mol. The third-order valence-electron chi connectivity index (χ3n) is 7.56. The molecule has 1 atom stereocenters. The van der Waals surface area contributed by atoms with Crippen LogP contribution in [0.15, 0.2) is 42.5 Å². The molecule has 1 aliphatic heterocycles. The number of nitrogens with one attached hydrogen (secondary N) is 1. The standard InChI is InChI=1S/C29H31ClFN5O2/c1-17-14-27(33-18(2)32-17)36-12-10-22(11-13-36)35(3)29(38)20-5-4-19-6-9-26(23(19)15-20)34-28(37)24-16-21(31)7-8-25(24)30/h4-5,7-8,14-16,22,26H,6,9-13H2,1-3H3,(H,34,37)/t26-/m1/s1. The normalized spacial score (nSPS) is 17.3. The number of fused-ring (bicyclic) bond motifs is 1. The summed E-state index contributed by atoms with van der Waals surface area (Å²) in [7, 11) is 1.86. The van der Waals surface area contributed by atoms with Gasteiger partial charge >= 0.3 is 0 Å². The minimum Gasteiger partial charge on any atom is -0.356 e. The Hall–Kier alpha value is -3.52. The number of nitrogens with zero attached hydrogens (tertiary/aromatic N) is 4. The Morgan fingerprint density at radius 3 is 2.55 bits per heavy atom. The summed E-state index contributed by atoms with van der Waals surface area (Å²) in [6.07, 6.45) is 3.20. The van der Waals surface area contributed by atoms with Crippen LogP contribution < -0.4 is 10.2 Å². The minimum atomic E-state index is -0.518. The van der Waals surface area contributed by atoms with Gasteiger partial charge in [-0.3, -0.25) is 9.59 Å². The fraction of sp³-hybridized carbons (Fsp3) is 0.379. The predicted molar refractivity (Wildman–Crippen MR) is 145 cm³/mol. The van der Waals surface area contributed by atoms with Gasteiger partial charge in [-0.2, -0.15) is 0 Å². The summed E-state index contributed by atoms with van der Waals surface area (Å²) in [6.45, 7) is 5.51. The molecule has 5 rings (SSSR count). The number of anilines is 1.